The van der Waals surface area contributed by atoms with E-state index in [2.05, 4.69) is 17.4 Å². The molecule has 0 fully saturated rings. The van der Waals surface area contributed by atoms with Gasteiger partial charge in [0.2, 0.25) is 10.0 Å². The molecule has 0 heterocycles. The molecule has 6 nitrogen and oxygen atoms in total. The summed E-state index contributed by atoms with van der Waals surface area (Å²) in [4.78, 5) is 12.6. The van der Waals surface area contributed by atoms with Crippen LogP contribution in [-0.2, 0) is 16.4 Å². The van der Waals surface area contributed by atoms with E-state index in [4.69, 9.17) is 4.74 Å². The van der Waals surface area contributed by atoms with Gasteiger partial charge >= 0.3 is 0 Å². The van der Waals surface area contributed by atoms with Gasteiger partial charge in [-0.15, -0.1) is 0 Å². The van der Waals surface area contributed by atoms with Crippen LogP contribution in [0.5, 0.6) is 5.75 Å². The van der Waals surface area contributed by atoms with Crippen LogP contribution >= 0.6 is 0 Å². The van der Waals surface area contributed by atoms with Gasteiger partial charge in [-0.1, -0.05) is 30.3 Å². The Kier molecular flexibility index (Phi) is 6.87. The van der Waals surface area contributed by atoms with E-state index >= 15 is 0 Å². The molecule has 0 bridgehead atoms. The summed E-state index contributed by atoms with van der Waals surface area (Å²) >= 11 is 0. The number of sulfonamides is 1. The molecule has 1 N–H and O–H groups in total. The number of hydrogen-bond donors (Lipinski definition) is 1. The number of benzene rings is 3. The molecule has 3 aromatic rings. The first kappa shape index (κ1) is 21.5. The summed E-state index contributed by atoms with van der Waals surface area (Å²) in [6.45, 7) is 0.553. The van der Waals surface area contributed by atoms with Crippen LogP contribution in [0.25, 0.3) is 0 Å². The predicted octanol–water partition coefficient (Wildman–Crippen LogP) is 3.81. The third-order valence-electron chi connectivity index (χ3n) is 4.51. The highest BCUT2D eigenvalue weighted by Gasteiger charge is 2.17. The van der Waals surface area contributed by atoms with Gasteiger partial charge in [-0.25, -0.2) is 12.7 Å². The Morgan fingerprint density at radius 2 is 1.53 bits per heavy atom. The Bertz CT molecular complexity index is 1080. The van der Waals surface area contributed by atoms with E-state index in [1.54, 1.807) is 36.4 Å². The number of rotatable bonds is 8. The average Bonchev–Trinajstić information content (AvgIpc) is 2.75. The third-order valence-corrected chi connectivity index (χ3v) is 6.34. The van der Waals surface area contributed by atoms with E-state index in [1.807, 2.05) is 18.2 Å². The second kappa shape index (κ2) is 9.56. The molecule has 156 valence electrons. The minimum atomic E-state index is -3.50. The summed E-state index contributed by atoms with van der Waals surface area (Å²) in [7, 11) is -0.553. The Morgan fingerprint density at radius 3 is 2.13 bits per heavy atom. The predicted molar refractivity (Wildman–Crippen MR) is 117 cm³/mol. The zero-order valence-electron chi connectivity index (χ0n) is 16.9. The topological polar surface area (TPSA) is 75.7 Å². The number of carbonyl (C=O) groups excluding carboxylic acids is 1. The van der Waals surface area contributed by atoms with Crippen molar-refractivity contribution in [3.63, 3.8) is 0 Å². The van der Waals surface area contributed by atoms with Crippen LogP contribution in [0.3, 0.4) is 0 Å². The Hall–Kier alpha value is -3.16. The van der Waals surface area contributed by atoms with E-state index in [0.29, 0.717) is 23.6 Å². The van der Waals surface area contributed by atoms with Crippen molar-refractivity contribution in [2.75, 3.05) is 26.0 Å². The minimum absolute atomic E-state index is 0.169. The van der Waals surface area contributed by atoms with Crippen molar-refractivity contribution in [3.05, 3.63) is 90.0 Å². The molecule has 0 radical (unpaired) electrons. The van der Waals surface area contributed by atoms with Gasteiger partial charge in [0.25, 0.3) is 5.91 Å². The van der Waals surface area contributed by atoms with Crippen molar-refractivity contribution < 1.29 is 17.9 Å². The second-order valence-corrected chi connectivity index (χ2v) is 9.03. The number of hydrogen-bond acceptors (Lipinski definition) is 4. The SMILES string of the molecule is CN(C)S(=O)(=O)c1ccc(NC(=O)c2ccc(OCCc3ccccc3)cc2)cc1. The number of amides is 1. The van der Waals surface area contributed by atoms with Crippen LogP contribution in [0.1, 0.15) is 15.9 Å². The van der Waals surface area contributed by atoms with Gasteiger partial charge < -0.3 is 10.1 Å². The van der Waals surface area contributed by atoms with Gasteiger partial charge in [0.15, 0.2) is 0 Å². The van der Waals surface area contributed by atoms with Crippen LogP contribution < -0.4 is 10.1 Å². The lowest BCUT2D eigenvalue weighted by molar-refractivity contribution is 0.102. The van der Waals surface area contributed by atoms with E-state index in [1.165, 1.54) is 31.8 Å². The van der Waals surface area contributed by atoms with Crippen molar-refractivity contribution in [2.45, 2.75) is 11.3 Å². The summed E-state index contributed by atoms with van der Waals surface area (Å²) in [5, 5.41) is 2.76. The van der Waals surface area contributed by atoms with Crippen molar-refractivity contribution in [1.82, 2.24) is 4.31 Å². The van der Waals surface area contributed by atoms with Crippen molar-refractivity contribution in [1.29, 1.82) is 0 Å². The lowest BCUT2D eigenvalue weighted by Crippen LogP contribution is -2.22. The fourth-order valence-electron chi connectivity index (χ4n) is 2.76. The Labute approximate surface area is 177 Å². The van der Waals surface area contributed by atoms with Crippen molar-refractivity contribution in [2.24, 2.45) is 0 Å². The number of nitrogens with one attached hydrogen (secondary N) is 1. The van der Waals surface area contributed by atoms with Gasteiger partial charge in [-0.05, 0) is 54.1 Å². The van der Waals surface area contributed by atoms with Crippen molar-refractivity contribution >= 4 is 21.6 Å². The quantitative estimate of drug-likeness (QED) is 0.597. The normalized spacial score (nSPS) is 11.3. The molecular formula is C23H24N2O4S. The standard InChI is InChI=1S/C23H24N2O4S/c1-25(2)30(27,28)22-14-10-20(11-15-22)24-23(26)19-8-12-21(13-9-19)29-17-16-18-6-4-3-5-7-18/h3-15H,16-17H2,1-2H3,(H,24,26). The van der Waals surface area contributed by atoms with Gasteiger partial charge in [-0.2, -0.15) is 0 Å². The molecule has 1 amide bonds. The van der Waals surface area contributed by atoms with Gasteiger partial charge in [0, 0.05) is 31.8 Å². The minimum Gasteiger partial charge on any atom is -0.493 e. The summed E-state index contributed by atoms with van der Waals surface area (Å²) in [6, 6.07) is 23.0. The molecular weight excluding hydrogens is 400 g/mol. The van der Waals surface area contributed by atoms with E-state index < -0.39 is 10.0 Å². The molecule has 0 spiro atoms. The highest BCUT2D eigenvalue weighted by molar-refractivity contribution is 7.89. The average molecular weight is 425 g/mol. The van der Waals surface area contributed by atoms with Crippen LogP contribution in [0.4, 0.5) is 5.69 Å². The van der Waals surface area contributed by atoms with Crippen LogP contribution in [0, 0.1) is 0 Å². The number of ether oxygens (including phenoxy) is 1. The smallest absolute Gasteiger partial charge is 0.255 e. The Morgan fingerprint density at radius 1 is 0.900 bits per heavy atom. The molecule has 0 saturated carbocycles. The fourth-order valence-corrected chi connectivity index (χ4v) is 3.66. The van der Waals surface area contributed by atoms with Crippen LogP contribution in [0.15, 0.2) is 83.8 Å². The molecule has 0 aliphatic rings. The monoisotopic (exact) mass is 424 g/mol. The molecule has 0 aromatic heterocycles. The molecule has 30 heavy (non-hydrogen) atoms. The summed E-state index contributed by atoms with van der Waals surface area (Å²) in [6.07, 6.45) is 0.808. The van der Waals surface area contributed by atoms with E-state index in [-0.39, 0.29) is 10.8 Å². The van der Waals surface area contributed by atoms with Crippen LogP contribution in [-0.4, -0.2) is 39.3 Å². The molecule has 0 saturated heterocycles. The van der Waals surface area contributed by atoms with Crippen molar-refractivity contribution in [3.8, 4) is 5.75 Å². The molecule has 0 unspecified atom stereocenters. The number of carbonyl (C=O) groups is 1. The third kappa shape index (κ3) is 5.46. The first-order valence-corrected chi connectivity index (χ1v) is 10.9. The highest BCUT2D eigenvalue weighted by atomic mass is 32.2. The van der Waals surface area contributed by atoms with Gasteiger partial charge in [0.1, 0.15) is 5.75 Å². The largest absolute Gasteiger partial charge is 0.493 e. The highest BCUT2D eigenvalue weighted by Crippen LogP contribution is 2.18. The maximum atomic E-state index is 12.4. The summed E-state index contributed by atoms with van der Waals surface area (Å²) in [5.74, 6) is 0.412. The molecule has 0 atom stereocenters. The van der Waals surface area contributed by atoms with Crippen LogP contribution in [0.2, 0.25) is 0 Å². The van der Waals surface area contributed by atoms with E-state index in [0.717, 1.165) is 10.7 Å². The molecule has 7 heteroatoms. The van der Waals surface area contributed by atoms with Gasteiger partial charge in [-0.3, -0.25) is 4.79 Å². The summed E-state index contributed by atoms with van der Waals surface area (Å²) in [5.41, 5.74) is 2.20. The first-order valence-electron chi connectivity index (χ1n) is 9.47. The zero-order valence-corrected chi connectivity index (χ0v) is 17.7. The van der Waals surface area contributed by atoms with Gasteiger partial charge in [0.05, 0.1) is 11.5 Å². The Balaban J connectivity index is 1.55. The molecule has 0 aliphatic heterocycles. The maximum absolute atomic E-state index is 12.4. The zero-order chi connectivity index (χ0) is 21.6. The number of anilines is 1. The molecule has 0 aliphatic carbocycles. The first-order chi connectivity index (χ1) is 14.4. The lowest BCUT2D eigenvalue weighted by Gasteiger charge is -2.12. The second-order valence-electron chi connectivity index (χ2n) is 6.87. The van der Waals surface area contributed by atoms with E-state index in [9.17, 15) is 13.2 Å². The fraction of sp³-hybridized carbons (Fsp3) is 0.174. The molecule has 3 aromatic carbocycles. The lowest BCUT2D eigenvalue weighted by atomic mass is 10.2. The summed E-state index contributed by atoms with van der Waals surface area (Å²) < 4.78 is 31.1. The number of nitrogens with zero attached hydrogens (tertiary/aromatic N) is 1. The maximum Gasteiger partial charge on any atom is 0.255 e. The molecule has 3 rings (SSSR count).